The molecule has 2 aromatic carbocycles. The van der Waals surface area contributed by atoms with Crippen LogP contribution in [0.3, 0.4) is 0 Å². The third-order valence-corrected chi connectivity index (χ3v) is 6.11. The van der Waals surface area contributed by atoms with E-state index in [2.05, 4.69) is 5.32 Å². The smallest absolute Gasteiger partial charge is 0.255 e. The van der Waals surface area contributed by atoms with Gasteiger partial charge in [0.2, 0.25) is 11.8 Å². The summed E-state index contributed by atoms with van der Waals surface area (Å²) in [5, 5.41) is 2.93. The fourth-order valence-corrected chi connectivity index (χ4v) is 4.24. The SMILES string of the molecule is Cc1cccc(NC(=O)c2ccc(N3C(=O)[C@@H]4[C@H](CC=C[C@@H]4C)C3=O)cc2)c1C. The highest BCUT2D eigenvalue weighted by molar-refractivity contribution is 6.22. The number of nitrogens with one attached hydrogen (secondary N) is 1. The summed E-state index contributed by atoms with van der Waals surface area (Å²) in [7, 11) is 0. The monoisotopic (exact) mass is 388 g/mol. The number of amides is 3. The number of aryl methyl sites for hydroxylation is 1. The molecule has 1 saturated heterocycles. The Bertz CT molecular complexity index is 1020. The second kappa shape index (κ2) is 7.32. The van der Waals surface area contributed by atoms with Crippen molar-refractivity contribution in [3.63, 3.8) is 0 Å². The van der Waals surface area contributed by atoms with Crippen LogP contribution < -0.4 is 10.2 Å². The Labute approximate surface area is 170 Å². The van der Waals surface area contributed by atoms with E-state index < -0.39 is 0 Å². The number of anilines is 2. The van der Waals surface area contributed by atoms with E-state index in [9.17, 15) is 14.4 Å². The van der Waals surface area contributed by atoms with Crippen molar-refractivity contribution in [1.29, 1.82) is 0 Å². The second-order valence-electron chi connectivity index (χ2n) is 7.92. The van der Waals surface area contributed by atoms with Gasteiger partial charge < -0.3 is 5.32 Å². The maximum atomic E-state index is 12.9. The van der Waals surface area contributed by atoms with Gasteiger partial charge in [0.25, 0.3) is 5.91 Å². The Morgan fingerprint density at radius 3 is 2.45 bits per heavy atom. The van der Waals surface area contributed by atoms with Crippen LogP contribution in [0.4, 0.5) is 11.4 Å². The predicted octanol–water partition coefficient (Wildman–Crippen LogP) is 4.26. The summed E-state index contributed by atoms with van der Waals surface area (Å²) in [5.41, 5.74) is 3.89. The third-order valence-electron chi connectivity index (χ3n) is 6.11. The lowest BCUT2D eigenvalue weighted by molar-refractivity contribution is -0.122. The minimum absolute atomic E-state index is 0.0535. The standard InChI is InChI=1S/C24H24N2O3/c1-14-6-5-9-20(16(14)3)25-22(27)17-10-12-18(13-11-17)26-23(28)19-8-4-7-15(2)21(19)24(26)29/h4-7,9-13,15,19,21H,8H2,1-3H3,(H,25,27)/t15-,19-,21-/m0/s1. The topological polar surface area (TPSA) is 66.5 Å². The van der Waals surface area contributed by atoms with Gasteiger partial charge in [0.1, 0.15) is 0 Å². The number of rotatable bonds is 3. The highest BCUT2D eigenvalue weighted by atomic mass is 16.2. The number of benzene rings is 2. The van der Waals surface area contributed by atoms with E-state index in [1.807, 2.05) is 51.1 Å². The second-order valence-corrected chi connectivity index (χ2v) is 7.92. The molecule has 0 saturated carbocycles. The van der Waals surface area contributed by atoms with Crippen molar-refractivity contribution in [1.82, 2.24) is 0 Å². The van der Waals surface area contributed by atoms with Gasteiger partial charge in [-0.25, -0.2) is 0 Å². The lowest BCUT2D eigenvalue weighted by Gasteiger charge is -2.22. The zero-order valence-corrected chi connectivity index (χ0v) is 16.8. The predicted molar refractivity (Wildman–Crippen MR) is 113 cm³/mol. The van der Waals surface area contributed by atoms with Crippen molar-refractivity contribution >= 4 is 29.1 Å². The first-order valence-electron chi connectivity index (χ1n) is 9.90. The highest BCUT2D eigenvalue weighted by Gasteiger charge is 2.50. The molecule has 0 aromatic heterocycles. The zero-order chi connectivity index (χ0) is 20.7. The van der Waals surface area contributed by atoms with Gasteiger partial charge in [0, 0.05) is 11.3 Å². The number of imide groups is 1. The minimum Gasteiger partial charge on any atom is -0.322 e. The summed E-state index contributed by atoms with van der Waals surface area (Å²) < 4.78 is 0. The van der Waals surface area contributed by atoms with E-state index in [1.165, 1.54) is 4.90 Å². The Hall–Kier alpha value is -3.21. The molecule has 5 heteroatoms. The summed E-state index contributed by atoms with van der Waals surface area (Å²) >= 11 is 0. The number of fused-ring (bicyclic) bond motifs is 1. The maximum Gasteiger partial charge on any atom is 0.255 e. The van der Waals surface area contributed by atoms with Crippen LogP contribution in [0.15, 0.2) is 54.6 Å². The average molecular weight is 388 g/mol. The van der Waals surface area contributed by atoms with Crippen molar-refractivity contribution < 1.29 is 14.4 Å². The van der Waals surface area contributed by atoms with Crippen LogP contribution >= 0.6 is 0 Å². The molecule has 3 atom stereocenters. The van der Waals surface area contributed by atoms with E-state index in [1.54, 1.807) is 24.3 Å². The van der Waals surface area contributed by atoms with E-state index >= 15 is 0 Å². The number of carbonyl (C=O) groups excluding carboxylic acids is 3. The Morgan fingerprint density at radius 1 is 1.03 bits per heavy atom. The van der Waals surface area contributed by atoms with Gasteiger partial charge in [0.05, 0.1) is 17.5 Å². The van der Waals surface area contributed by atoms with Gasteiger partial charge in [0.15, 0.2) is 0 Å². The first-order valence-corrected chi connectivity index (χ1v) is 9.90. The maximum absolute atomic E-state index is 12.9. The van der Waals surface area contributed by atoms with Crippen LogP contribution in [0.5, 0.6) is 0 Å². The van der Waals surface area contributed by atoms with E-state index in [-0.39, 0.29) is 35.5 Å². The summed E-state index contributed by atoms with van der Waals surface area (Å²) in [5.74, 6) is -1.04. The van der Waals surface area contributed by atoms with Gasteiger partial charge in [-0.2, -0.15) is 0 Å². The molecular formula is C24H24N2O3. The number of allylic oxidation sites excluding steroid dienone is 2. The van der Waals surface area contributed by atoms with Crippen molar-refractivity contribution in [3.05, 3.63) is 71.3 Å². The molecule has 0 spiro atoms. The molecule has 4 rings (SSSR count). The van der Waals surface area contributed by atoms with Crippen molar-refractivity contribution in [2.75, 3.05) is 10.2 Å². The number of carbonyl (C=O) groups is 3. The molecule has 3 amide bonds. The molecule has 0 radical (unpaired) electrons. The number of hydrogen-bond acceptors (Lipinski definition) is 3. The van der Waals surface area contributed by atoms with Gasteiger partial charge in [-0.05, 0) is 67.6 Å². The molecule has 5 nitrogen and oxygen atoms in total. The Kier molecular flexibility index (Phi) is 4.82. The van der Waals surface area contributed by atoms with Gasteiger partial charge in [-0.1, -0.05) is 31.2 Å². The largest absolute Gasteiger partial charge is 0.322 e. The zero-order valence-electron chi connectivity index (χ0n) is 16.8. The van der Waals surface area contributed by atoms with E-state index in [0.717, 1.165) is 16.8 Å². The first-order chi connectivity index (χ1) is 13.9. The highest BCUT2D eigenvalue weighted by Crippen LogP contribution is 2.40. The molecule has 0 bridgehead atoms. The molecule has 1 heterocycles. The average Bonchev–Trinajstić information content (AvgIpc) is 2.97. The summed E-state index contributed by atoms with van der Waals surface area (Å²) in [6.45, 7) is 5.94. The van der Waals surface area contributed by atoms with Crippen molar-refractivity contribution in [2.45, 2.75) is 27.2 Å². The van der Waals surface area contributed by atoms with Crippen LogP contribution in [0, 0.1) is 31.6 Å². The molecule has 2 aromatic rings. The molecule has 1 fully saturated rings. The normalized spacial score (nSPS) is 23.3. The molecule has 2 aliphatic rings. The first kappa shape index (κ1) is 19.1. The molecule has 1 N–H and O–H groups in total. The summed E-state index contributed by atoms with van der Waals surface area (Å²) in [6, 6.07) is 12.4. The molecular weight excluding hydrogens is 364 g/mol. The Morgan fingerprint density at radius 2 is 1.76 bits per heavy atom. The third kappa shape index (κ3) is 3.27. The van der Waals surface area contributed by atoms with Crippen LogP contribution in [0.25, 0.3) is 0 Å². The molecule has 0 unspecified atom stereocenters. The Balaban J connectivity index is 1.54. The van der Waals surface area contributed by atoms with Crippen LogP contribution in [0.1, 0.15) is 34.8 Å². The van der Waals surface area contributed by atoms with E-state index in [4.69, 9.17) is 0 Å². The van der Waals surface area contributed by atoms with Crippen LogP contribution in [-0.4, -0.2) is 17.7 Å². The summed E-state index contributed by atoms with van der Waals surface area (Å²) in [6.07, 6.45) is 4.60. The van der Waals surface area contributed by atoms with Gasteiger partial charge in [-0.15, -0.1) is 0 Å². The molecule has 1 aliphatic carbocycles. The lowest BCUT2D eigenvalue weighted by Crippen LogP contribution is -2.31. The number of nitrogens with zero attached hydrogens (tertiary/aromatic N) is 1. The molecule has 1 aliphatic heterocycles. The molecule has 148 valence electrons. The van der Waals surface area contributed by atoms with E-state index in [0.29, 0.717) is 17.7 Å². The lowest BCUT2D eigenvalue weighted by atomic mass is 9.78. The van der Waals surface area contributed by atoms with Crippen LogP contribution in [-0.2, 0) is 9.59 Å². The number of hydrogen-bond donors (Lipinski definition) is 1. The van der Waals surface area contributed by atoms with Gasteiger partial charge >= 0.3 is 0 Å². The fraction of sp³-hybridized carbons (Fsp3) is 0.292. The minimum atomic E-state index is -0.292. The summed E-state index contributed by atoms with van der Waals surface area (Å²) in [4.78, 5) is 39.6. The quantitative estimate of drug-likeness (QED) is 0.631. The molecule has 29 heavy (non-hydrogen) atoms. The van der Waals surface area contributed by atoms with Crippen molar-refractivity contribution in [3.8, 4) is 0 Å². The fourth-order valence-electron chi connectivity index (χ4n) is 4.24. The van der Waals surface area contributed by atoms with Crippen LogP contribution in [0.2, 0.25) is 0 Å². The van der Waals surface area contributed by atoms with Gasteiger partial charge in [-0.3, -0.25) is 19.3 Å². The van der Waals surface area contributed by atoms with Crippen molar-refractivity contribution in [2.24, 2.45) is 17.8 Å².